The second kappa shape index (κ2) is 6.67. The zero-order chi connectivity index (χ0) is 12.8. The molecule has 18 heavy (non-hydrogen) atoms. The van der Waals surface area contributed by atoms with Gasteiger partial charge in [-0.25, -0.2) is 9.97 Å². The summed E-state index contributed by atoms with van der Waals surface area (Å²) in [5, 5.41) is 5.60. The van der Waals surface area contributed by atoms with Gasteiger partial charge in [0.2, 0.25) is 5.91 Å². The number of hydrogen-bond donors (Lipinski definition) is 1. The van der Waals surface area contributed by atoms with E-state index in [0.717, 1.165) is 15.2 Å². The van der Waals surface area contributed by atoms with Gasteiger partial charge in [0.1, 0.15) is 11.4 Å². The van der Waals surface area contributed by atoms with Crippen molar-refractivity contribution in [2.75, 3.05) is 26.0 Å². The lowest BCUT2D eigenvalue weighted by atomic mass is 10.5. The molecule has 0 saturated heterocycles. The van der Waals surface area contributed by atoms with Crippen LogP contribution in [0.25, 0.3) is 10.2 Å². The van der Waals surface area contributed by atoms with E-state index in [4.69, 9.17) is 4.74 Å². The maximum absolute atomic E-state index is 11.5. The fraction of sp³-hybridized carbons (Fsp3) is 0.364. The molecule has 0 bridgehead atoms. The highest BCUT2D eigenvalue weighted by atomic mass is 32.2. The third-order valence-corrected chi connectivity index (χ3v) is 4.21. The summed E-state index contributed by atoms with van der Waals surface area (Å²) in [4.78, 5) is 19.9. The minimum absolute atomic E-state index is 0.0135. The van der Waals surface area contributed by atoms with E-state index in [1.54, 1.807) is 18.4 Å². The first-order valence-corrected chi connectivity index (χ1v) is 7.24. The Bertz CT molecular complexity index is 530. The van der Waals surface area contributed by atoms with Crippen molar-refractivity contribution in [2.45, 2.75) is 5.03 Å². The molecule has 0 aliphatic carbocycles. The molecule has 0 fully saturated rings. The molecule has 96 valence electrons. The predicted molar refractivity (Wildman–Crippen MR) is 73.0 cm³/mol. The summed E-state index contributed by atoms with van der Waals surface area (Å²) < 4.78 is 5.90. The summed E-state index contributed by atoms with van der Waals surface area (Å²) in [7, 11) is 1.61. The Morgan fingerprint density at radius 2 is 2.44 bits per heavy atom. The molecule has 0 spiro atoms. The number of thiophene rings is 1. The van der Waals surface area contributed by atoms with Crippen LogP contribution >= 0.6 is 23.1 Å². The molecule has 2 heterocycles. The number of ether oxygens (including phenoxy) is 1. The molecule has 1 N–H and O–H groups in total. The Morgan fingerprint density at radius 3 is 3.28 bits per heavy atom. The second-order valence-corrected chi connectivity index (χ2v) is 5.33. The van der Waals surface area contributed by atoms with E-state index in [-0.39, 0.29) is 5.91 Å². The minimum atomic E-state index is -0.0135. The highest BCUT2D eigenvalue weighted by molar-refractivity contribution is 8.00. The number of amides is 1. The fourth-order valence-electron chi connectivity index (χ4n) is 1.35. The van der Waals surface area contributed by atoms with Crippen molar-refractivity contribution in [3.05, 3.63) is 17.8 Å². The predicted octanol–water partition coefficient (Wildman–Crippen LogP) is 1.55. The molecule has 0 saturated carbocycles. The molecule has 2 aromatic heterocycles. The summed E-state index contributed by atoms with van der Waals surface area (Å²) in [6.45, 7) is 1.06. The van der Waals surface area contributed by atoms with Crippen molar-refractivity contribution in [1.29, 1.82) is 0 Å². The van der Waals surface area contributed by atoms with E-state index in [2.05, 4.69) is 15.3 Å². The van der Waals surface area contributed by atoms with Gasteiger partial charge in [-0.3, -0.25) is 4.79 Å². The summed E-state index contributed by atoms with van der Waals surface area (Å²) in [5.74, 6) is 0.341. The number of thioether (sulfide) groups is 1. The van der Waals surface area contributed by atoms with E-state index in [0.29, 0.717) is 18.9 Å². The minimum Gasteiger partial charge on any atom is -0.383 e. The van der Waals surface area contributed by atoms with Gasteiger partial charge in [0.15, 0.2) is 0 Å². The Hall–Kier alpha value is -1.18. The molecule has 0 radical (unpaired) electrons. The monoisotopic (exact) mass is 283 g/mol. The maximum Gasteiger partial charge on any atom is 0.230 e. The van der Waals surface area contributed by atoms with Gasteiger partial charge in [-0.15, -0.1) is 11.3 Å². The van der Waals surface area contributed by atoms with E-state index in [1.165, 1.54) is 18.1 Å². The number of carbonyl (C=O) groups excluding carboxylic acids is 1. The van der Waals surface area contributed by atoms with E-state index < -0.39 is 0 Å². The van der Waals surface area contributed by atoms with Crippen molar-refractivity contribution < 1.29 is 9.53 Å². The highest BCUT2D eigenvalue weighted by Gasteiger charge is 2.08. The third kappa shape index (κ3) is 3.41. The second-order valence-electron chi connectivity index (χ2n) is 3.45. The van der Waals surface area contributed by atoms with Gasteiger partial charge in [-0.2, -0.15) is 0 Å². The lowest BCUT2D eigenvalue weighted by molar-refractivity contribution is -0.118. The van der Waals surface area contributed by atoms with Gasteiger partial charge in [0.25, 0.3) is 0 Å². The van der Waals surface area contributed by atoms with E-state index in [1.807, 2.05) is 11.4 Å². The van der Waals surface area contributed by atoms with Crippen molar-refractivity contribution in [1.82, 2.24) is 15.3 Å². The van der Waals surface area contributed by atoms with Gasteiger partial charge >= 0.3 is 0 Å². The first-order chi connectivity index (χ1) is 8.81. The number of nitrogens with one attached hydrogen (secondary N) is 1. The van der Waals surface area contributed by atoms with Crippen LogP contribution in [-0.4, -0.2) is 41.9 Å². The maximum atomic E-state index is 11.5. The highest BCUT2D eigenvalue weighted by Crippen LogP contribution is 2.28. The molecule has 1 amide bonds. The molecule has 0 atom stereocenters. The van der Waals surface area contributed by atoms with Crippen LogP contribution in [0, 0.1) is 0 Å². The standard InChI is InChI=1S/C11H13N3O2S2/c1-16-4-3-12-9(15)6-18-11-10-8(2-5-17-10)13-7-14-11/h2,5,7H,3-4,6H2,1H3,(H,12,15). The van der Waals surface area contributed by atoms with Crippen LogP contribution in [0.4, 0.5) is 0 Å². The van der Waals surface area contributed by atoms with Crippen molar-refractivity contribution in [2.24, 2.45) is 0 Å². The van der Waals surface area contributed by atoms with Crippen LogP contribution in [0.2, 0.25) is 0 Å². The molecule has 0 aromatic carbocycles. The van der Waals surface area contributed by atoms with Crippen molar-refractivity contribution in [3.8, 4) is 0 Å². The van der Waals surface area contributed by atoms with Gasteiger partial charge in [0, 0.05) is 13.7 Å². The van der Waals surface area contributed by atoms with Gasteiger partial charge < -0.3 is 10.1 Å². The van der Waals surface area contributed by atoms with Gasteiger partial charge in [-0.1, -0.05) is 11.8 Å². The summed E-state index contributed by atoms with van der Waals surface area (Å²) in [5.41, 5.74) is 0.928. The molecule has 5 nitrogen and oxygen atoms in total. The van der Waals surface area contributed by atoms with E-state index in [9.17, 15) is 4.79 Å². The van der Waals surface area contributed by atoms with Crippen molar-refractivity contribution >= 4 is 39.2 Å². The SMILES string of the molecule is COCCNC(=O)CSc1ncnc2ccsc12. The average molecular weight is 283 g/mol. The summed E-state index contributed by atoms with van der Waals surface area (Å²) in [6, 6.07) is 1.95. The number of nitrogens with zero attached hydrogens (tertiary/aromatic N) is 2. The third-order valence-electron chi connectivity index (χ3n) is 2.18. The smallest absolute Gasteiger partial charge is 0.230 e. The lowest BCUT2D eigenvalue weighted by Crippen LogP contribution is -2.28. The molecule has 0 aliphatic rings. The number of aromatic nitrogens is 2. The summed E-state index contributed by atoms with van der Waals surface area (Å²) in [6.07, 6.45) is 1.53. The molecule has 2 rings (SSSR count). The molecule has 0 aliphatic heterocycles. The van der Waals surface area contributed by atoms with Crippen LogP contribution in [-0.2, 0) is 9.53 Å². The van der Waals surface area contributed by atoms with E-state index >= 15 is 0 Å². The Kier molecular flexibility index (Phi) is 4.91. The van der Waals surface area contributed by atoms with Crippen LogP contribution in [0.1, 0.15) is 0 Å². The topological polar surface area (TPSA) is 64.1 Å². The number of fused-ring (bicyclic) bond motifs is 1. The number of rotatable bonds is 6. The van der Waals surface area contributed by atoms with Crippen molar-refractivity contribution in [3.63, 3.8) is 0 Å². The quantitative estimate of drug-likeness (QED) is 0.495. The largest absolute Gasteiger partial charge is 0.383 e. The Labute approximate surface area is 113 Å². The normalized spacial score (nSPS) is 10.7. The lowest BCUT2D eigenvalue weighted by Gasteiger charge is -2.04. The van der Waals surface area contributed by atoms with Crippen LogP contribution in [0.5, 0.6) is 0 Å². The van der Waals surface area contributed by atoms with Crippen LogP contribution < -0.4 is 5.32 Å². The molecular weight excluding hydrogens is 270 g/mol. The number of hydrogen-bond acceptors (Lipinski definition) is 6. The van der Waals surface area contributed by atoms with Gasteiger partial charge in [0.05, 0.1) is 22.6 Å². The first kappa shape index (κ1) is 13.3. The molecule has 2 aromatic rings. The number of methoxy groups -OCH3 is 1. The Morgan fingerprint density at radius 1 is 1.56 bits per heavy atom. The molecule has 7 heteroatoms. The Balaban J connectivity index is 1.90. The zero-order valence-electron chi connectivity index (χ0n) is 9.88. The summed E-state index contributed by atoms with van der Waals surface area (Å²) >= 11 is 3.02. The average Bonchev–Trinajstić information content (AvgIpc) is 2.85. The zero-order valence-corrected chi connectivity index (χ0v) is 11.5. The van der Waals surface area contributed by atoms with Crippen LogP contribution in [0.15, 0.2) is 22.8 Å². The molecule has 0 unspecified atom stereocenters. The number of carbonyl (C=O) groups is 1. The first-order valence-electron chi connectivity index (χ1n) is 5.38. The van der Waals surface area contributed by atoms with Gasteiger partial charge in [-0.05, 0) is 11.4 Å². The fourth-order valence-corrected chi connectivity index (χ4v) is 3.12. The van der Waals surface area contributed by atoms with Crippen LogP contribution in [0.3, 0.4) is 0 Å². The molecular formula is C11H13N3O2S2.